The highest BCUT2D eigenvalue weighted by Gasteiger charge is 2.55. The Balaban J connectivity index is 2.79. The average Bonchev–Trinajstić information content (AvgIpc) is 2.84. The van der Waals surface area contributed by atoms with Crippen molar-refractivity contribution in [2.24, 2.45) is 5.11 Å². The molecule has 0 amide bonds. The molecule has 5 atom stereocenters. The standard InChI is InChI=1S/C30H58N4O6SSi3/c1-28(2,3)42(10,11)37-21-23-25(39-43(12,13)29(4,5)6)26(40-44(14,15)30(7,8)9)24(27(38-23)32-34-31)33-41(35,36)22-19-17-16-18-20-22/h16-20,23-27,33H,21H2,1-15H3/t23-,24-,25-,26-,27-/m1/s1. The van der Waals surface area contributed by atoms with Crippen molar-refractivity contribution in [3.8, 4) is 0 Å². The van der Waals surface area contributed by atoms with Crippen molar-refractivity contribution in [3.05, 3.63) is 40.8 Å². The normalized spacial score (nSPS) is 24.6. The van der Waals surface area contributed by atoms with Gasteiger partial charge in [-0.2, -0.15) is 0 Å². The van der Waals surface area contributed by atoms with Crippen LogP contribution in [0.3, 0.4) is 0 Å². The molecule has 1 aromatic rings. The highest BCUT2D eigenvalue weighted by atomic mass is 32.2. The molecule has 0 saturated carbocycles. The van der Waals surface area contributed by atoms with E-state index in [0.29, 0.717) is 0 Å². The van der Waals surface area contributed by atoms with Crippen LogP contribution in [-0.4, -0.2) is 70.6 Å². The fourth-order valence-corrected chi connectivity index (χ4v) is 8.91. The molecule has 1 fully saturated rings. The van der Waals surface area contributed by atoms with Gasteiger partial charge in [-0.05, 0) is 72.1 Å². The minimum absolute atomic E-state index is 0.0491. The number of rotatable bonds is 11. The molecule has 0 bridgehead atoms. The lowest BCUT2D eigenvalue weighted by Gasteiger charge is -2.53. The topological polar surface area (TPSA) is 132 Å². The summed E-state index contributed by atoms with van der Waals surface area (Å²) in [5.74, 6) is 0. The Labute approximate surface area is 270 Å². The second-order valence-corrected chi connectivity index (χ2v) is 32.5. The maximum atomic E-state index is 13.8. The molecular formula is C30H58N4O6SSi3. The Morgan fingerprint density at radius 2 is 1.27 bits per heavy atom. The number of hydrogen-bond donors (Lipinski definition) is 1. The Hall–Kier alpha value is -1.07. The quantitative estimate of drug-likeness (QED) is 0.108. The Kier molecular flexibility index (Phi) is 12.1. The summed E-state index contributed by atoms with van der Waals surface area (Å²) in [5, 5.41) is 3.59. The van der Waals surface area contributed by atoms with Gasteiger partial charge in [-0.3, -0.25) is 0 Å². The van der Waals surface area contributed by atoms with E-state index in [1.54, 1.807) is 18.2 Å². The average molecular weight is 687 g/mol. The predicted octanol–water partition coefficient (Wildman–Crippen LogP) is 8.17. The van der Waals surface area contributed by atoms with Crippen molar-refractivity contribution >= 4 is 35.0 Å². The minimum atomic E-state index is -4.05. The van der Waals surface area contributed by atoms with Crippen LogP contribution in [0, 0.1) is 0 Å². The molecule has 2 rings (SSSR count). The molecule has 1 aliphatic heterocycles. The molecule has 252 valence electrons. The van der Waals surface area contributed by atoms with Crippen LogP contribution in [0.2, 0.25) is 54.4 Å². The van der Waals surface area contributed by atoms with Crippen LogP contribution in [0.15, 0.2) is 40.3 Å². The molecule has 44 heavy (non-hydrogen) atoms. The maximum absolute atomic E-state index is 13.8. The van der Waals surface area contributed by atoms with E-state index in [-0.39, 0.29) is 26.6 Å². The Morgan fingerprint density at radius 1 is 0.818 bits per heavy atom. The molecule has 1 heterocycles. The lowest BCUT2D eigenvalue weighted by molar-refractivity contribution is -0.179. The summed E-state index contributed by atoms with van der Waals surface area (Å²) < 4.78 is 57.8. The van der Waals surface area contributed by atoms with E-state index in [1.165, 1.54) is 12.1 Å². The number of ether oxygens (including phenoxy) is 1. The van der Waals surface area contributed by atoms with Crippen LogP contribution >= 0.6 is 0 Å². The van der Waals surface area contributed by atoms with Crippen LogP contribution in [0.1, 0.15) is 62.3 Å². The lowest BCUT2D eigenvalue weighted by Crippen LogP contribution is -2.69. The predicted molar refractivity (Wildman–Crippen MR) is 186 cm³/mol. The first kappa shape index (κ1) is 39.1. The molecule has 0 spiro atoms. The fraction of sp³-hybridized carbons (Fsp3) is 0.800. The van der Waals surface area contributed by atoms with Crippen molar-refractivity contribution in [1.82, 2.24) is 4.72 Å². The molecular weight excluding hydrogens is 629 g/mol. The molecule has 0 radical (unpaired) electrons. The summed E-state index contributed by atoms with van der Waals surface area (Å²) in [6, 6.07) is 7.08. The summed E-state index contributed by atoms with van der Waals surface area (Å²) in [7, 11) is -11.3. The number of benzene rings is 1. The highest BCUT2D eigenvalue weighted by Crippen LogP contribution is 2.44. The van der Waals surface area contributed by atoms with Crippen LogP contribution in [-0.2, 0) is 28.0 Å². The van der Waals surface area contributed by atoms with Gasteiger partial charge in [0.15, 0.2) is 31.2 Å². The molecule has 14 heteroatoms. The second kappa shape index (κ2) is 13.6. The monoisotopic (exact) mass is 686 g/mol. The van der Waals surface area contributed by atoms with Crippen LogP contribution in [0.5, 0.6) is 0 Å². The molecule has 0 unspecified atom stereocenters. The summed E-state index contributed by atoms with van der Waals surface area (Å²) in [6.45, 7) is 32.5. The summed E-state index contributed by atoms with van der Waals surface area (Å²) in [4.78, 5) is 3.16. The third kappa shape index (κ3) is 9.26. The minimum Gasteiger partial charge on any atom is -0.414 e. The molecule has 0 aliphatic carbocycles. The first-order valence-corrected chi connectivity index (χ1v) is 25.6. The molecule has 1 N–H and O–H groups in total. The first-order chi connectivity index (χ1) is 19.7. The van der Waals surface area contributed by atoms with Gasteiger partial charge < -0.3 is 18.0 Å². The number of sulfonamides is 1. The van der Waals surface area contributed by atoms with Crippen molar-refractivity contribution in [3.63, 3.8) is 0 Å². The highest BCUT2D eigenvalue weighted by molar-refractivity contribution is 7.89. The van der Waals surface area contributed by atoms with Crippen LogP contribution in [0.4, 0.5) is 0 Å². The Bertz CT molecular complexity index is 1270. The van der Waals surface area contributed by atoms with Crippen molar-refractivity contribution < 1.29 is 26.4 Å². The van der Waals surface area contributed by atoms with E-state index in [4.69, 9.17) is 18.0 Å². The molecule has 1 aromatic carbocycles. The third-order valence-electron chi connectivity index (χ3n) is 10.1. The van der Waals surface area contributed by atoms with E-state index in [9.17, 15) is 13.9 Å². The van der Waals surface area contributed by atoms with Gasteiger partial charge >= 0.3 is 0 Å². The molecule has 0 aromatic heterocycles. The lowest BCUT2D eigenvalue weighted by atomic mass is 9.97. The van der Waals surface area contributed by atoms with Crippen molar-refractivity contribution in [1.29, 1.82) is 0 Å². The number of nitrogens with one attached hydrogen (secondary N) is 1. The van der Waals surface area contributed by atoms with Gasteiger partial charge in [-0.25, -0.2) is 13.1 Å². The van der Waals surface area contributed by atoms with Gasteiger partial charge in [0, 0.05) is 4.91 Å². The van der Waals surface area contributed by atoms with Crippen molar-refractivity contribution in [2.45, 2.75) is 152 Å². The fourth-order valence-electron chi connectivity index (χ4n) is 4.00. The third-order valence-corrected chi connectivity index (χ3v) is 25.0. The van der Waals surface area contributed by atoms with Gasteiger partial charge in [0.05, 0.1) is 23.6 Å². The Morgan fingerprint density at radius 3 is 1.70 bits per heavy atom. The summed E-state index contributed by atoms with van der Waals surface area (Å²) >= 11 is 0. The van der Waals surface area contributed by atoms with Crippen molar-refractivity contribution in [2.75, 3.05) is 6.61 Å². The first-order valence-electron chi connectivity index (χ1n) is 15.4. The van der Waals surface area contributed by atoms with Crippen LogP contribution < -0.4 is 4.72 Å². The maximum Gasteiger partial charge on any atom is 0.240 e. The van der Waals surface area contributed by atoms with Gasteiger partial charge in [0.2, 0.25) is 10.0 Å². The zero-order valence-corrected chi connectivity index (χ0v) is 33.5. The zero-order chi connectivity index (χ0) is 34.2. The number of hydrogen-bond acceptors (Lipinski definition) is 7. The van der Waals surface area contributed by atoms with Gasteiger partial charge in [-0.15, -0.1) is 0 Å². The van der Waals surface area contributed by atoms with E-state index in [1.807, 2.05) is 0 Å². The van der Waals surface area contributed by atoms with E-state index in [0.717, 1.165) is 0 Å². The van der Waals surface area contributed by atoms with E-state index >= 15 is 0 Å². The number of azide groups is 1. The summed E-state index contributed by atoms with van der Waals surface area (Å²) in [5.41, 5.74) is 9.63. The second-order valence-electron chi connectivity index (χ2n) is 16.5. The SMILES string of the molecule is CC(C)(C)[Si](C)(C)OC[C@H]1O[C@@H](N=[N+]=[N-])[C@H](NS(=O)(=O)c2ccccc2)[C@@H](O[Si](C)(C)C(C)(C)C)[C@@H]1O[Si](C)(C)C(C)(C)C. The van der Waals surface area contributed by atoms with Gasteiger partial charge in [0.1, 0.15) is 12.2 Å². The van der Waals surface area contributed by atoms with Gasteiger partial charge in [-0.1, -0.05) is 85.6 Å². The zero-order valence-electron chi connectivity index (χ0n) is 29.7. The largest absolute Gasteiger partial charge is 0.414 e. The van der Waals surface area contributed by atoms with E-state index < -0.39 is 65.6 Å². The van der Waals surface area contributed by atoms with Crippen LogP contribution in [0.25, 0.3) is 10.4 Å². The van der Waals surface area contributed by atoms with E-state index in [2.05, 4.69) is 116 Å². The molecule has 1 saturated heterocycles. The number of nitrogens with zero attached hydrogens (tertiary/aromatic N) is 3. The molecule has 1 aliphatic rings. The molecule has 10 nitrogen and oxygen atoms in total. The summed E-state index contributed by atoms with van der Waals surface area (Å²) in [6.07, 6.45) is -3.37. The smallest absolute Gasteiger partial charge is 0.240 e. The van der Waals surface area contributed by atoms with Gasteiger partial charge in [0.25, 0.3) is 0 Å².